The number of anilines is 1. The van der Waals surface area contributed by atoms with E-state index in [1.54, 1.807) is 6.07 Å². The first kappa shape index (κ1) is 23.6. The summed E-state index contributed by atoms with van der Waals surface area (Å²) < 4.78 is 10.8. The van der Waals surface area contributed by atoms with Crippen molar-refractivity contribution in [3.8, 4) is 11.5 Å². The molecule has 0 spiro atoms. The van der Waals surface area contributed by atoms with Crippen molar-refractivity contribution in [3.05, 3.63) is 99.6 Å². The molecular weight excluding hydrogens is 488 g/mol. The highest BCUT2D eigenvalue weighted by atomic mass is 16.6. The summed E-state index contributed by atoms with van der Waals surface area (Å²) in [7, 11) is 1.37. The molecule has 0 saturated carbocycles. The minimum absolute atomic E-state index is 0.159. The predicted octanol–water partition coefficient (Wildman–Crippen LogP) is 4.43. The van der Waals surface area contributed by atoms with Crippen molar-refractivity contribution in [2.75, 3.05) is 12.0 Å². The average Bonchev–Trinajstić information content (AvgIpc) is 3.17. The van der Waals surface area contributed by atoms with Crippen LogP contribution in [0, 0.1) is 34.8 Å². The third-order valence-electron chi connectivity index (χ3n) is 7.56. The Morgan fingerprint density at radius 2 is 1.68 bits per heavy atom. The van der Waals surface area contributed by atoms with Gasteiger partial charge in [-0.2, -0.15) is 0 Å². The number of carbonyl (C=O) groups is 3. The zero-order chi connectivity index (χ0) is 26.7. The first-order valence-electron chi connectivity index (χ1n) is 12.1. The molecule has 1 aliphatic carbocycles. The molecule has 9 heteroatoms. The fraction of sp³-hybridized carbons (Fsp3) is 0.207. The Balaban J connectivity index is 1.55. The second-order valence-corrected chi connectivity index (χ2v) is 9.63. The largest absolute Gasteiger partial charge is 0.496 e. The Hall–Kier alpha value is -4.79. The molecule has 9 nitrogen and oxygen atoms in total. The molecule has 0 aromatic heterocycles. The number of rotatable bonds is 4. The number of aryl methyl sites for hydroxylation is 1. The second-order valence-electron chi connectivity index (χ2n) is 9.63. The molecule has 2 heterocycles. The number of allylic oxidation sites excluding steroid dienone is 1. The SMILES string of the molecule is COc1ccc(N2C(=O)[C@@H]3[C@@H]4C(=O)Oc5cc(C)ccc5C4=C[C@H](c4ccccc4)[C@@H]3C2=O)c([N+](=O)[O-])c1. The normalized spacial score (nSPS) is 23.7. The zero-order valence-corrected chi connectivity index (χ0v) is 20.5. The van der Waals surface area contributed by atoms with Crippen molar-refractivity contribution in [2.45, 2.75) is 12.8 Å². The van der Waals surface area contributed by atoms with Crippen LogP contribution in [0.1, 0.15) is 22.6 Å². The quantitative estimate of drug-likeness (QED) is 0.168. The van der Waals surface area contributed by atoms with E-state index < -0.39 is 52.1 Å². The van der Waals surface area contributed by atoms with Crippen molar-refractivity contribution >= 4 is 34.7 Å². The fourth-order valence-corrected chi connectivity index (χ4v) is 5.87. The van der Waals surface area contributed by atoms with E-state index in [9.17, 15) is 24.5 Å². The number of nitro benzene ring substituents is 1. The number of benzene rings is 3. The molecule has 4 atom stereocenters. The molecule has 1 fully saturated rings. The number of nitrogens with zero attached hydrogens (tertiary/aromatic N) is 2. The van der Waals surface area contributed by atoms with Gasteiger partial charge in [0.05, 0.1) is 35.9 Å². The molecule has 0 bridgehead atoms. The van der Waals surface area contributed by atoms with E-state index in [2.05, 4.69) is 0 Å². The molecule has 2 amide bonds. The number of amides is 2. The minimum atomic E-state index is -1.09. The summed E-state index contributed by atoms with van der Waals surface area (Å²) in [5.41, 5.74) is 2.42. The highest BCUT2D eigenvalue weighted by Gasteiger charge is 2.61. The number of imide groups is 1. The van der Waals surface area contributed by atoms with Crippen LogP contribution in [0.25, 0.3) is 5.57 Å². The Bertz CT molecular complexity index is 1560. The van der Waals surface area contributed by atoms with E-state index in [1.165, 1.54) is 25.3 Å². The minimum Gasteiger partial charge on any atom is -0.496 e. The van der Waals surface area contributed by atoms with Gasteiger partial charge in [0.1, 0.15) is 17.2 Å². The van der Waals surface area contributed by atoms with Gasteiger partial charge in [0, 0.05) is 11.5 Å². The summed E-state index contributed by atoms with van der Waals surface area (Å²) >= 11 is 0. The highest BCUT2D eigenvalue weighted by molar-refractivity contribution is 6.25. The van der Waals surface area contributed by atoms with Crippen molar-refractivity contribution in [1.82, 2.24) is 0 Å². The molecule has 0 N–H and O–H groups in total. The van der Waals surface area contributed by atoms with Crippen molar-refractivity contribution in [3.63, 3.8) is 0 Å². The van der Waals surface area contributed by atoms with Crippen LogP contribution >= 0.6 is 0 Å². The van der Waals surface area contributed by atoms with Crippen molar-refractivity contribution in [1.29, 1.82) is 0 Å². The van der Waals surface area contributed by atoms with Gasteiger partial charge in [-0.1, -0.05) is 48.5 Å². The molecule has 6 rings (SSSR count). The summed E-state index contributed by atoms with van der Waals surface area (Å²) in [6.07, 6.45) is 1.88. The molecule has 2 aliphatic heterocycles. The number of esters is 1. The Morgan fingerprint density at radius 3 is 2.39 bits per heavy atom. The highest BCUT2D eigenvalue weighted by Crippen LogP contribution is 2.55. The van der Waals surface area contributed by atoms with Gasteiger partial charge in [-0.05, 0) is 41.8 Å². The fourth-order valence-electron chi connectivity index (χ4n) is 5.87. The Labute approximate surface area is 217 Å². The maximum absolute atomic E-state index is 14.0. The molecule has 3 aromatic rings. The number of hydrogen-bond donors (Lipinski definition) is 0. The van der Waals surface area contributed by atoms with Gasteiger partial charge in [-0.15, -0.1) is 0 Å². The lowest BCUT2D eigenvalue weighted by atomic mass is 9.64. The molecule has 0 unspecified atom stereocenters. The number of hydrogen-bond acceptors (Lipinski definition) is 7. The van der Waals surface area contributed by atoms with Crippen LogP contribution in [0.3, 0.4) is 0 Å². The van der Waals surface area contributed by atoms with E-state index in [4.69, 9.17) is 9.47 Å². The van der Waals surface area contributed by atoms with Gasteiger partial charge >= 0.3 is 5.97 Å². The van der Waals surface area contributed by atoms with Crippen LogP contribution in [0.5, 0.6) is 11.5 Å². The summed E-state index contributed by atoms with van der Waals surface area (Å²) in [5.74, 6) is -4.86. The summed E-state index contributed by atoms with van der Waals surface area (Å²) in [5, 5.41) is 11.9. The van der Waals surface area contributed by atoms with E-state index in [0.29, 0.717) is 16.9 Å². The molecule has 3 aliphatic rings. The Morgan fingerprint density at radius 1 is 0.947 bits per heavy atom. The summed E-state index contributed by atoms with van der Waals surface area (Å²) in [4.78, 5) is 53.5. The molecule has 0 radical (unpaired) electrons. The van der Waals surface area contributed by atoms with Crippen LogP contribution in [-0.4, -0.2) is 29.8 Å². The van der Waals surface area contributed by atoms with Crippen LogP contribution in [-0.2, 0) is 14.4 Å². The van der Waals surface area contributed by atoms with Crippen molar-refractivity contribution < 1.29 is 28.8 Å². The zero-order valence-electron chi connectivity index (χ0n) is 20.5. The lowest BCUT2D eigenvalue weighted by Crippen LogP contribution is -2.42. The van der Waals surface area contributed by atoms with Gasteiger partial charge in [0.25, 0.3) is 5.69 Å². The van der Waals surface area contributed by atoms with Crippen LogP contribution in [0.2, 0.25) is 0 Å². The first-order valence-corrected chi connectivity index (χ1v) is 12.1. The lowest BCUT2D eigenvalue weighted by Gasteiger charge is -2.38. The van der Waals surface area contributed by atoms with E-state index in [0.717, 1.165) is 16.0 Å². The van der Waals surface area contributed by atoms with E-state index in [1.807, 2.05) is 55.5 Å². The molecule has 1 saturated heterocycles. The maximum Gasteiger partial charge on any atom is 0.319 e. The number of ether oxygens (including phenoxy) is 2. The number of nitro groups is 1. The number of methoxy groups -OCH3 is 1. The van der Waals surface area contributed by atoms with E-state index >= 15 is 0 Å². The third-order valence-corrected chi connectivity index (χ3v) is 7.56. The number of carbonyl (C=O) groups excluding carboxylic acids is 3. The molecule has 3 aromatic carbocycles. The van der Waals surface area contributed by atoms with Crippen molar-refractivity contribution in [2.24, 2.45) is 17.8 Å². The van der Waals surface area contributed by atoms with Gasteiger partial charge in [-0.25, -0.2) is 4.90 Å². The topological polar surface area (TPSA) is 116 Å². The lowest BCUT2D eigenvalue weighted by molar-refractivity contribution is -0.384. The second kappa shape index (κ2) is 8.65. The van der Waals surface area contributed by atoms with Crippen LogP contribution in [0.15, 0.2) is 72.8 Å². The van der Waals surface area contributed by atoms with Crippen LogP contribution in [0.4, 0.5) is 11.4 Å². The maximum atomic E-state index is 14.0. The number of fused-ring (bicyclic) bond motifs is 5. The van der Waals surface area contributed by atoms with Gasteiger partial charge in [0.2, 0.25) is 11.8 Å². The standard InChI is InChI=1S/C29H22N2O7/c1-15-8-10-18-20-14-19(16-6-4-3-5-7-16)24-26(25(20)29(34)38-23(18)12-15)28(33)30(27(24)32)21-11-9-17(37-2)13-22(21)31(35)36/h3-14,19,24-26H,1-2H3/t19-,24+,25-,26+/m1/s1. The molecular formula is C29H22N2O7. The average molecular weight is 511 g/mol. The smallest absolute Gasteiger partial charge is 0.319 e. The van der Waals surface area contributed by atoms with Gasteiger partial charge in [-0.3, -0.25) is 24.5 Å². The van der Waals surface area contributed by atoms with E-state index in [-0.39, 0.29) is 11.4 Å². The first-order chi connectivity index (χ1) is 18.3. The molecule has 38 heavy (non-hydrogen) atoms. The van der Waals surface area contributed by atoms with Gasteiger partial charge in [0.15, 0.2) is 0 Å². The molecule has 190 valence electrons. The third kappa shape index (κ3) is 3.42. The van der Waals surface area contributed by atoms with Crippen LogP contribution < -0.4 is 14.4 Å². The predicted molar refractivity (Wildman–Crippen MR) is 137 cm³/mol. The van der Waals surface area contributed by atoms with Gasteiger partial charge < -0.3 is 9.47 Å². The summed E-state index contributed by atoms with van der Waals surface area (Å²) in [6, 6.07) is 18.7. The Kier molecular flexibility index (Phi) is 5.37. The monoisotopic (exact) mass is 510 g/mol. The summed E-state index contributed by atoms with van der Waals surface area (Å²) in [6.45, 7) is 1.89.